The SMILES string of the molecule is CN(Cc1ccc(C(F)(F)F)cc1)C(=O)c1sccc1N. The number of carbonyl (C=O) groups excluding carboxylic acids is 1. The molecule has 0 aliphatic rings. The molecular formula is C14H13F3N2OS. The summed E-state index contributed by atoms with van der Waals surface area (Å²) in [6, 6.07) is 6.39. The van der Waals surface area contributed by atoms with Crippen LogP contribution in [0.2, 0.25) is 0 Å². The van der Waals surface area contributed by atoms with E-state index in [0.717, 1.165) is 12.1 Å². The molecule has 2 N–H and O–H groups in total. The molecule has 1 aromatic heterocycles. The first-order valence-electron chi connectivity index (χ1n) is 6.03. The summed E-state index contributed by atoms with van der Waals surface area (Å²) < 4.78 is 37.4. The number of nitrogen functional groups attached to an aromatic ring is 1. The Morgan fingerprint density at radius 2 is 1.86 bits per heavy atom. The van der Waals surface area contributed by atoms with Crippen molar-refractivity contribution in [1.82, 2.24) is 4.90 Å². The van der Waals surface area contributed by atoms with E-state index in [-0.39, 0.29) is 12.5 Å². The van der Waals surface area contributed by atoms with Crippen LogP contribution in [-0.2, 0) is 12.7 Å². The maximum absolute atomic E-state index is 12.5. The third kappa shape index (κ3) is 3.55. The highest BCUT2D eigenvalue weighted by atomic mass is 32.1. The van der Waals surface area contributed by atoms with E-state index < -0.39 is 11.7 Å². The van der Waals surface area contributed by atoms with Gasteiger partial charge in [-0.2, -0.15) is 13.2 Å². The summed E-state index contributed by atoms with van der Waals surface area (Å²) in [6.45, 7) is 0.217. The molecule has 112 valence electrons. The second-order valence-corrected chi connectivity index (χ2v) is 5.48. The molecule has 0 unspecified atom stereocenters. The molecule has 2 aromatic rings. The summed E-state index contributed by atoms with van der Waals surface area (Å²) in [4.78, 5) is 14.0. The van der Waals surface area contributed by atoms with E-state index in [1.54, 1.807) is 18.5 Å². The van der Waals surface area contributed by atoms with Gasteiger partial charge in [0.1, 0.15) is 4.88 Å². The Morgan fingerprint density at radius 1 is 1.24 bits per heavy atom. The lowest BCUT2D eigenvalue weighted by molar-refractivity contribution is -0.137. The maximum atomic E-state index is 12.5. The van der Waals surface area contributed by atoms with Crippen molar-refractivity contribution >= 4 is 22.9 Å². The molecule has 3 nitrogen and oxygen atoms in total. The Bertz CT molecular complexity index is 634. The number of carbonyl (C=O) groups is 1. The molecule has 1 amide bonds. The van der Waals surface area contributed by atoms with Crippen LogP contribution in [0.3, 0.4) is 0 Å². The number of amides is 1. The number of hydrogen-bond acceptors (Lipinski definition) is 3. The number of benzene rings is 1. The summed E-state index contributed by atoms with van der Waals surface area (Å²) in [6.07, 6.45) is -4.36. The van der Waals surface area contributed by atoms with E-state index >= 15 is 0 Å². The highest BCUT2D eigenvalue weighted by Gasteiger charge is 2.30. The highest BCUT2D eigenvalue weighted by molar-refractivity contribution is 7.12. The summed E-state index contributed by atoms with van der Waals surface area (Å²) in [5, 5.41) is 1.72. The van der Waals surface area contributed by atoms with Crippen molar-refractivity contribution in [3.63, 3.8) is 0 Å². The molecule has 0 saturated carbocycles. The van der Waals surface area contributed by atoms with Gasteiger partial charge in [0, 0.05) is 13.6 Å². The third-order valence-corrected chi connectivity index (χ3v) is 3.86. The number of halogens is 3. The number of thiophene rings is 1. The monoisotopic (exact) mass is 314 g/mol. The van der Waals surface area contributed by atoms with Gasteiger partial charge in [-0.1, -0.05) is 12.1 Å². The minimum atomic E-state index is -4.36. The van der Waals surface area contributed by atoms with Crippen molar-refractivity contribution in [3.8, 4) is 0 Å². The minimum Gasteiger partial charge on any atom is -0.397 e. The lowest BCUT2D eigenvalue weighted by Gasteiger charge is -2.17. The molecule has 0 saturated heterocycles. The minimum absolute atomic E-state index is 0.217. The third-order valence-electron chi connectivity index (χ3n) is 2.94. The summed E-state index contributed by atoms with van der Waals surface area (Å²) >= 11 is 1.24. The molecule has 0 aliphatic heterocycles. The van der Waals surface area contributed by atoms with Crippen LogP contribution in [0.15, 0.2) is 35.7 Å². The van der Waals surface area contributed by atoms with Crippen LogP contribution in [0, 0.1) is 0 Å². The zero-order valence-electron chi connectivity index (χ0n) is 11.1. The van der Waals surface area contributed by atoms with E-state index in [1.165, 1.54) is 28.4 Å². The van der Waals surface area contributed by atoms with Crippen LogP contribution in [0.1, 0.15) is 20.8 Å². The summed E-state index contributed by atoms with van der Waals surface area (Å²) in [5.41, 5.74) is 6.00. The predicted octanol–water partition coefficient (Wildman–Crippen LogP) is 3.62. The molecule has 7 heteroatoms. The molecule has 0 aliphatic carbocycles. The molecule has 1 heterocycles. The van der Waals surface area contributed by atoms with E-state index in [0.29, 0.717) is 16.1 Å². The molecule has 0 atom stereocenters. The normalized spacial score (nSPS) is 11.4. The van der Waals surface area contributed by atoms with Crippen LogP contribution >= 0.6 is 11.3 Å². The smallest absolute Gasteiger partial charge is 0.397 e. The quantitative estimate of drug-likeness (QED) is 0.940. The van der Waals surface area contributed by atoms with Crippen molar-refractivity contribution in [1.29, 1.82) is 0 Å². The second kappa shape index (κ2) is 5.77. The van der Waals surface area contributed by atoms with E-state index in [4.69, 9.17) is 5.73 Å². The Kier molecular flexibility index (Phi) is 4.22. The average molecular weight is 314 g/mol. The topological polar surface area (TPSA) is 46.3 Å². The number of rotatable bonds is 3. The Hall–Kier alpha value is -2.02. The average Bonchev–Trinajstić information content (AvgIpc) is 2.83. The molecule has 0 fully saturated rings. The van der Waals surface area contributed by atoms with Gasteiger partial charge in [0.2, 0.25) is 0 Å². The van der Waals surface area contributed by atoms with Crippen LogP contribution in [0.25, 0.3) is 0 Å². The Morgan fingerprint density at radius 3 is 2.33 bits per heavy atom. The standard InChI is InChI=1S/C14H13F3N2OS/c1-19(13(20)12-11(18)6-7-21-12)8-9-2-4-10(5-3-9)14(15,16)17/h2-7H,8,18H2,1H3. The fourth-order valence-electron chi connectivity index (χ4n) is 1.81. The van der Waals surface area contributed by atoms with Gasteiger partial charge in [0.25, 0.3) is 5.91 Å². The van der Waals surface area contributed by atoms with Gasteiger partial charge >= 0.3 is 6.18 Å². The maximum Gasteiger partial charge on any atom is 0.416 e. The molecule has 1 aromatic carbocycles. The first-order chi connectivity index (χ1) is 9.79. The predicted molar refractivity (Wildman–Crippen MR) is 76.0 cm³/mol. The van der Waals surface area contributed by atoms with Gasteiger partial charge in [-0.25, -0.2) is 0 Å². The Balaban J connectivity index is 2.08. The second-order valence-electron chi connectivity index (χ2n) is 4.56. The van der Waals surface area contributed by atoms with Crippen molar-refractivity contribution in [2.45, 2.75) is 12.7 Å². The number of alkyl halides is 3. The van der Waals surface area contributed by atoms with Crippen molar-refractivity contribution in [3.05, 3.63) is 51.7 Å². The van der Waals surface area contributed by atoms with E-state index in [9.17, 15) is 18.0 Å². The molecular weight excluding hydrogens is 301 g/mol. The first-order valence-corrected chi connectivity index (χ1v) is 6.91. The first kappa shape index (κ1) is 15.4. The highest BCUT2D eigenvalue weighted by Crippen LogP contribution is 2.29. The van der Waals surface area contributed by atoms with Crippen LogP contribution in [0.4, 0.5) is 18.9 Å². The number of anilines is 1. The van der Waals surface area contributed by atoms with Crippen LogP contribution in [-0.4, -0.2) is 17.9 Å². The van der Waals surface area contributed by atoms with Crippen molar-refractivity contribution < 1.29 is 18.0 Å². The van der Waals surface area contributed by atoms with Gasteiger partial charge in [0.05, 0.1) is 11.3 Å². The fourth-order valence-corrected chi connectivity index (χ4v) is 2.62. The van der Waals surface area contributed by atoms with Gasteiger partial charge in [-0.15, -0.1) is 11.3 Å². The molecule has 0 bridgehead atoms. The number of nitrogens with zero attached hydrogens (tertiary/aromatic N) is 1. The van der Waals surface area contributed by atoms with Crippen molar-refractivity contribution in [2.24, 2.45) is 0 Å². The Labute approximate surface area is 123 Å². The largest absolute Gasteiger partial charge is 0.416 e. The molecule has 21 heavy (non-hydrogen) atoms. The van der Waals surface area contributed by atoms with Crippen LogP contribution in [0.5, 0.6) is 0 Å². The molecule has 2 rings (SSSR count). The molecule has 0 radical (unpaired) electrons. The van der Waals surface area contributed by atoms with Gasteiger partial charge in [-0.3, -0.25) is 4.79 Å². The van der Waals surface area contributed by atoms with E-state index in [1.807, 2.05) is 0 Å². The van der Waals surface area contributed by atoms with Gasteiger partial charge < -0.3 is 10.6 Å². The summed E-state index contributed by atoms with van der Waals surface area (Å²) in [7, 11) is 1.58. The van der Waals surface area contributed by atoms with Crippen molar-refractivity contribution in [2.75, 3.05) is 12.8 Å². The van der Waals surface area contributed by atoms with E-state index in [2.05, 4.69) is 0 Å². The summed E-state index contributed by atoms with van der Waals surface area (Å²) in [5.74, 6) is -0.248. The van der Waals surface area contributed by atoms with Crippen LogP contribution < -0.4 is 5.73 Å². The zero-order valence-corrected chi connectivity index (χ0v) is 12.0. The zero-order chi connectivity index (χ0) is 15.6. The lowest BCUT2D eigenvalue weighted by Crippen LogP contribution is -2.26. The molecule has 0 spiro atoms. The number of nitrogens with two attached hydrogens (primary N) is 1. The fraction of sp³-hybridized carbons (Fsp3) is 0.214. The van der Waals surface area contributed by atoms with Gasteiger partial charge in [0.15, 0.2) is 0 Å². The number of hydrogen-bond donors (Lipinski definition) is 1. The lowest BCUT2D eigenvalue weighted by atomic mass is 10.1. The van der Waals surface area contributed by atoms with Gasteiger partial charge in [-0.05, 0) is 29.1 Å².